The summed E-state index contributed by atoms with van der Waals surface area (Å²) >= 11 is 3.53. The number of aromatic amines is 1. The summed E-state index contributed by atoms with van der Waals surface area (Å²) in [5.74, 6) is 0.843. The van der Waals surface area contributed by atoms with E-state index < -0.39 is 5.60 Å². The van der Waals surface area contributed by atoms with Gasteiger partial charge in [0.2, 0.25) is 0 Å². The number of nitrogens with zero attached hydrogens (tertiary/aromatic N) is 2. The number of aromatic nitrogens is 2. The predicted octanol–water partition coefficient (Wildman–Crippen LogP) is 6.45. The van der Waals surface area contributed by atoms with Gasteiger partial charge < -0.3 is 9.72 Å². The summed E-state index contributed by atoms with van der Waals surface area (Å²) in [6.45, 7) is 6.48. The van der Waals surface area contributed by atoms with E-state index in [0.29, 0.717) is 0 Å². The Morgan fingerprint density at radius 1 is 1.20 bits per heavy atom. The summed E-state index contributed by atoms with van der Waals surface area (Å²) in [5.41, 5.74) is 1.81. The van der Waals surface area contributed by atoms with Crippen LogP contribution in [0.5, 0.6) is 0 Å². The van der Waals surface area contributed by atoms with Crippen LogP contribution >= 0.6 is 15.9 Å². The van der Waals surface area contributed by atoms with E-state index in [4.69, 9.17) is 4.74 Å². The Hall–Kier alpha value is -2.34. The number of carbonyl (C=O) groups excluding carboxylic acids is 1. The average Bonchev–Trinajstić information content (AvgIpc) is 3.10. The molecule has 0 bridgehead atoms. The van der Waals surface area contributed by atoms with Gasteiger partial charge >= 0.3 is 6.09 Å². The number of nitrogens with one attached hydrogen (secondary N) is 1. The van der Waals surface area contributed by atoms with Crippen molar-refractivity contribution in [2.75, 3.05) is 6.54 Å². The van der Waals surface area contributed by atoms with Crippen molar-refractivity contribution in [1.82, 2.24) is 14.9 Å². The molecular weight excluding hydrogens is 442 g/mol. The average molecular weight is 468 g/mol. The smallest absolute Gasteiger partial charge is 0.410 e. The zero-order valence-electron chi connectivity index (χ0n) is 17.5. The molecule has 5 nitrogen and oxygen atoms in total. The molecule has 0 radical (unpaired) electrons. The Morgan fingerprint density at radius 3 is 2.67 bits per heavy atom. The maximum Gasteiger partial charge on any atom is 0.410 e. The van der Waals surface area contributed by atoms with E-state index in [1.807, 2.05) is 31.9 Å². The molecule has 5 rings (SSSR count). The molecular formula is C24H26BrN3O2. The van der Waals surface area contributed by atoms with E-state index in [0.717, 1.165) is 34.5 Å². The van der Waals surface area contributed by atoms with Gasteiger partial charge in [-0.15, -0.1) is 0 Å². The van der Waals surface area contributed by atoms with E-state index in [2.05, 4.69) is 62.3 Å². The third-order valence-corrected chi connectivity index (χ3v) is 6.61. The molecule has 2 aliphatic rings. The lowest BCUT2D eigenvalue weighted by Gasteiger charge is -2.27. The van der Waals surface area contributed by atoms with Crippen molar-refractivity contribution in [3.63, 3.8) is 0 Å². The highest BCUT2D eigenvalue weighted by Gasteiger charge is 2.55. The third kappa shape index (κ3) is 3.73. The minimum absolute atomic E-state index is 0.0625. The monoisotopic (exact) mass is 467 g/mol. The number of benzene rings is 2. The van der Waals surface area contributed by atoms with Crippen LogP contribution in [0.4, 0.5) is 4.79 Å². The van der Waals surface area contributed by atoms with Crippen LogP contribution in [0.25, 0.3) is 22.0 Å². The summed E-state index contributed by atoms with van der Waals surface area (Å²) in [6, 6.07) is 12.6. The Labute approximate surface area is 185 Å². The van der Waals surface area contributed by atoms with Crippen LogP contribution in [-0.4, -0.2) is 33.1 Å². The van der Waals surface area contributed by atoms with Gasteiger partial charge in [-0.05, 0) is 74.4 Å². The highest BCUT2D eigenvalue weighted by Crippen LogP contribution is 2.58. The number of likely N-dealkylation sites (tertiary alicyclic amines) is 1. The molecule has 2 heterocycles. The molecule has 1 aliphatic heterocycles. The fraction of sp³-hybridized carbons (Fsp3) is 0.417. The van der Waals surface area contributed by atoms with Crippen molar-refractivity contribution in [2.24, 2.45) is 5.41 Å². The summed E-state index contributed by atoms with van der Waals surface area (Å²) in [6.07, 6.45) is 4.93. The first-order chi connectivity index (χ1) is 14.2. The van der Waals surface area contributed by atoms with Gasteiger partial charge in [-0.3, -0.25) is 4.90 Å². The maximum absolute atomic E-state index is 12.9. The van der Waals surface area contributed by atoms with E-state index in [9.17, 15) is 4.79 Å². The molecule has 0 unspecified atom stereocenters. The molecule has 1 saturated heterocycles. The highest BCUT2D eigenvalue weighted by atomic mass is 79.9. The predicted molar refractivity (Wildman–Crippen MR) is 121 cm³/mol. The molecule has 2 aromatic carbocycles. The number of hydrogen-bond donors (Lipinski definition) is 1. The fourth-order valence-electron chi connectivity index (χ4n) is 4.39. The molecule has 2 fully saturated rings. The van der Waals surface area contributed by atoms with Crippen molar-refractivity contribution in [1.29, 1.82) is 0 Å². The fourth-order valence-corrected chi connectivity index (χ4v) is 4.77. The minimum Gasteiger partial charge on any atom is -0.444 e. The van der Waals surface area contributed by atoms with Crippen molar-refractivity contribution in [3.05, 3.63) is 52.9 Å². The number of ether oxygens (including phenoxy) is 1. The second kappa shape index (κ2) is 6.84. The van der Waals surface area contributed by atoms with Gasteiger partial charge in [0, 0.05) is 16.6 Å². The first-order valence-corrected chi connectivity index (χ1v) is 11.3. The van der Waals surface area contributed by atoms with Crippen LogP contribution in [0.15, 0.2) is 47.1 Å². The number of H-pyrrole nitrogens is 1. The number of imidazole rings is 1. The van der Waals surface area contributed by atoms with Crippen LogP contribution in [0.2, 0.25) is 0 Å². The quantitative estimate of drug-likeness (QED) is 0.470. The number of halogens is 1. The van der Waals surface area contributed by atoms with Gasteiger partial charge in [-0.1, -0.05) is 34.1 Å². The second-order valence-electron chi connectivity index (χ2n) is 9.72. The Morgan fingerprint density at radius 2 is 1.93 bits per heavy atom. The zero-order chi connectivity index (χ0) is 21.1. The Kier molecular flexibility index (Phi) is 4.47. The van der Waals surface area contributed by atoms with Crippen molar-refractivity contribution in [3.8, 4) is 11.3 Å². The second-order valence-corrected chi connectivity index (χ2v) is 10.6. The molecule has 3 aromatic rings. The largest absolute Gasteiger partial charge is 0.444 e. The number of carbonyl (C=O) groups is 1. The molecule has 1 saturated carbocycles. The molecule has 30 heavy (non-hydrogen) atoms. The lowest BCUT2D eigenvalue weighted by molar-refractivity contribution is 0.0212. The molecule has 1 atom stereocenters. The first kappa shape index (κ1) is 19.6. The van der Waals surface area contributed by atoms with E-state index in [-0.39, 0.29) is 17.6 Å². The van der Waals surface area contributed by atoms with E-state index in [1.54, 1.807) is 0 Å². The van der Waals surface area contributed by atoms with Gasteiger partial charge in [-0.2, -0.15) is 0 Å². The first-order valence-electron chi connectivity index (χ1n) is 10.5. The van der Waals surface area contributed by atoms with E-state index >= 15 is 0 Å². The lowest BCUT2D eigenvalue weighted by atomic mass is 10.0. The normalized spacial score (nSPS) is 20.1. The van der Waals surface area contributed by atoms with Crippen LogP contribution in [0.3, 0.4) is 0 Å². The molecule has 1 aromatic heterocycles. The highest BCUT2D eigenvalue weighted by molar-refractivity contribution is 9.10. The molecule has 1 spiro atoms. The molecule has 156 valence electrons. The zero-order valence-corrected chi connectivity index (χ0v) is 19.1. The topological polar surface area (TPSA) is 58.2 Å². The van der Waals surface area contributed by atoms with Crippen molar-refractivity contribution >= 4 is 32.8 Å². The van der Waals surface area contributed by atoms with Crippen LogP contribution in [0.1, 0.15) is 51.9 Å². The van der Waals surface area contributed by atoms with Gasteiger partial charge in [0.15, 0.2) is 0 Å². The standard InChI is InChI=1S/C24H26BrN3O2/c1-23(2,3)30-22(29)28-14-24(8-9-24)12-20(28)21-26-13-19(27-21)17-5-4-16-11-18(25)7-6-15(16)10-17/h4-7,10-11,13,20H,8-9,12,14H2,1-3H3,(H,26,27)/t20-/m0/s1. The van der Waals surface area contributed by atoms with Crippen molar-refractivity contribution in [2.45, 2.75) is 51.7 Å². The number of fused-ring (bicyclic) bond motifs is 1. The van der Waals surface area contributed by atoms with Crippen molar-refractivity contribution < 1.29 is 9.53 Å². The maximum atomic E-state index is 12.9. The number of hydrogen-bond acceptors (Lipinski definition) is 3. The molecule has 1 amide bonds. The summed E-state index contributed by atoms with van der Waals surface area (Å²) in [7, 11) is 0. The van der Waals surface area contributed by atoms with E-state index in [1.165, 1.54) is 23.6 Å². The number of rotatable bonds is 2. The Balaban J connectivity index is 1.43. The lowest BCUT2D eigenvalue weighted by Crippen LogP contribution is -2.37. The SMILES string of the molecule is CC(C)(C)OC(=O)N1CC2(CC2)C[C@H]1c1ncc(-c2ccc3cc(Br)ccc3c2)[nH]1. The summed E-state index contributed by atoms with van der Waals surface area (Å²) < 4.78 is 6.76. The van der Waals surface area contributed by atoms with Crippen LogP contribution < -0.4 is 0 Å². The Bertz CT molecular complexity index is 1130. The van der Waals surface area contributed by atoms with Gasteiger partial charge in [0.25, 0.3) is 0 Å². The molecule has 1 N–H and O–H groups in total. The van der Waals surface area contributed by atoms with Crippen LogP contribution in [0, 0.1) is 5.41 Å². The minimum atomic E-state index is -0.505. The van der Waals surface area contributed by atoms with Gasteiger partial charge in [0.1, 0.15) is 11.4 Å². The summed E-state index contributed by atoms with van der Waals surface area (Å²) in [4.78, 5) is 22.9. The number of amides is 1. The molecule has 6 heteroatoms. The van der Waals surface area contributed by atoms with Gasteiger partial charge in [0.05, 0.1) is 17.9 Å². The summed E-state index contributed by atoms with van der Waals surface area (Å²) in [5, 5.41) is 2.37. The third-order valence-electron chi connectivity index (χ3n) is 6.12. The molecule has 1 aliphatic carbocycles. The van der Waals surface area contributed by atoms with Gasteiger partial charge in [-0.25, -0.2) is 9.78 Å². The van der Waals surface area contributed by atoms with Crippen LogP contribution in [-0.2, 0) is 4.74 Å².